The maximum atomic E-state index is 12.8. The molecule has 0 aromatic carbocycles. The van der Waals surface area contributed by atoms with Crippen LogP contribution >= 0.6 is 23.1 Å². The minimum atomic E-state index is -3.53. The molecule has 6 nitrogen and oxygen atoms in total. The Morgan fingerprint density at radius 2 is 2.19 bits per heavy atom. The predicted octanol–water partition coefficient (Wildman–Crippen LogP) is 3.21. The van der Waals surface area contributed by atoms with Gasteiger partial charge in [-0.1, -0.05) is 0 Å². The first kappa shape index (κ1) is 19.3. The molecule has 0 unspecified atom stereocenters. The van der Waals surface area contributed by atoms with Crippen molar-refractivity contribution in [3.63, 3.8) is 0 Å². The number of amides is 1. The van der Waals surface area contributed by atoms with Crippen LogP contribution in [-0.4, -0.2) is 43.0 Å². The van der Waals surface area contributed by atoms with E-state index in [0.717, 1.165) is 9.90 Å². The SMILES string of the molecule is CSc1cc(NC(=O)[C@@H]2CCCN(S(=O)(=O)c3ccc(C)s3)C2)ccn1. The number of hydrogen-bond donors (Lipinski definition) is 1. The van der Waals surface area contributed by atoms with Crippen LogP contribution in [0.4, 0.5) is 5.69 Å². The number of pyridine rings is 1. The van der Waals surface area contributed by atoms with Crippen LogP contribution < -0.4 is 5.32 Å². The third-order valence-corrected chi connectivity index (χ3v) is 8.25. The van der Waals surface area contributed by atoms with Gasteiger partial charge < -0.3 is 5.32 Å². The number of thioether (sulfide) groups is 1. The largest absolute Gasteiger partial charge is 0.326 e. The van der Waals surface area contributed by atoms with Crippen LogP contribution in [0.1, 0.15) is 17.7 Å². The van der Waals surface area contributed by atoms with Gasteiger partial charge in [-0.15, -0.1) is 23.1 Å². The van der Waals surface area contributed by atoms with Gasteiger partial charge in [0.1, 0.15) is 4.21 Å². The second kappa shape index (κ2) is 8.08. The predicted molar refractivity (Wildman–Crippen MR) is 105 cm³/mol. The molecule has 3 rings (SSSR count). The van der Waals surface area contributed by atoms with Crippen LogP contribution in [0, 0.1) is 12.8 Å². The third-order valence-electron chi connectivity index (χ3n) is 4.28. The Kier molecular flexibility index (Phi) is 6.01. The number of sulfonamides is 1. The van der Waals surface area contributed by atoms with Crippen LogP contribution in [0.3, 0.4) is 0 Å². The fraction of sp³-hybridized carbons (Fsp3) is 0.412. The third kappa shape index (κ3) is 4.28. The molecule has 2 aromatic heterocycles. The molecule has 1 saturated heterocycles. The van der Waals surface area contributed by atoms with E-state index in [4.69, 9.17) is 0 Å². The van der Waals surface area contributed by atoms with Crippen molar-refractivity contribution in [3.8, 4) is 0 Å². The van der Waals surface area contributed by atoms with Crippen LogP contribution in [0.5, 0.6) is 0 Å². The van der Waals surface area contributed by atoms with Crippen LogP contribution in [-0.2, 0) is 14.8 Å². The highest BCUT2D eigenvalue weighted by Gasteiger charge is 2.34. The minimum Gasteiger partial charge on any atom is -0.326 e. The Balaban J connectivity index is 1.70. The van der Waals surface area contributed by atoms with Crippen LogP contribution in [0.15, 0.2) is 39.7 Å². The van der Waals surface area contributed by atoms with E-state index in [1.165, 1.54) is 27.4 Å². The van der Waals surface area contributed by atoms with Gasteiger partial charge in [-0.05, 0) is 50.3 Å². The zero-order valence-corrected chi connectivity index (χ0v) is 17.1. The molecule has 1 aliphatic heterocycles. The lowest BCUT2D eigenvalue weighted by molar-refractivity contribution is -0.120. The van der Waals surface area contributed by atoms with E-state index < -0.39 is 10.0 Å². The summed E-state index contributed by atoms with van der Waals surface area (Å²) in [6.45, 7) is 2.55. The fourth-order valence-corrected chi connectivity index (χ4v) is 6.27. The van der Waals surface area contributed by atoms with Gasteiger partial charge in [0, 0.05) is 29.9 Å². The summed E-state index contributed by atoms with van der Waals surface area (Å²) < 4.78 is 27.4. The van der Waals surface area contributed by atoms with Gasteiger partial charge in [0.15, 0.2) is 0 Å². The molecule has 0 radical (unpaired) electrons. The van der Waals surface area contributed by atoms with Gasteiger partial charge in [0.2, 0.25) is 5.91 Å². The number of nitrogens with one attached hydrogen (secondary N) is 1. The van der Waals surface area contributed by atoms with E-state index >= 15 is 0 Å². The quantitative estimate of drug-likeness (QED) is 0.764. The number of carbonyl (C=O) groups excluding carboxylic acids is 1. The molecule has 0 spiro atoms. The smallest absolute Gasteiger partial charge is 0.252 e. The van der Waals surface area contributed by atoms with Crippen molar-refractivity contribution >= 4 is 44.7 Å². The zero-order valence-electron chi connectivity index (χ0n) is 14.6. The number of piperidine rings is 1. The molecule has 1 N–H and O–H groups in total. The van der Waals surface area contributed by atoms with Gasteiger partial charge in [0.25, 0.3) is 10.0 Å². The second-order valence-corrected chi connectivity index (χ2v) is 10.4. The lowest BCUT2D eigenvalue weighted by Gasteiger charge is -2.30. The number of anilines is 1. The second-order valence-electron chi connectivity index (χ2n) is 6.14. The molecule has 1 aliphatic rings. The van der Waals surface area contributed by atoms with Crippen molar-refractivity contribution in [2.24, 2.45) is 5.92 Å². The van der Waals surface area contributed by atoms with Crippen LogP contribution in [0.2, 0.25) is 0 Å². The molecule has 140 valence electrons. The molecular formula is C17H21N3O3S3. The molecule has 0 bridgehead atoms. The summed E-state index contributed by atoms with van der Waals surface area (Å²) in [6, 6.07) is 7.00. The van der Waals surface area contributed by atoms with Crippen molar-refractivity contribution < 1.29 is 13.2 Å². The van der Waals surface area contributed by atoms with E-state index in [1.54, 1.807) is 24.4 Å². The molecule has 1 fully saturated rings. The van der Waals surface area contributed by atoms with Crippen molar-refractivity contribution in [3.05, 3.63) is 35.3 Å². The Labute approximate surface area is 162 Å². The van der Waals surface area contributed by atoms with Crippen molar-refractivity contribution in [1.29, 1.82) is 0 Å². The number of hydrogen-bond acceptors (Lipinski definition) is 6. The minimum absolute atomic E-state index is 0.148. The lowest BCUT2D eigenvalue weighted by Crippen LogP contribution is -2.43. The van der Waals surface area contributed by atoms with E-state index in [1.807, 2.05) is 19.2 Å². The average molecular weight is 412 g/mol. The van der Waals surface area contributed by atoms with Gasteiger partial charge >= 0.3 is 0 Å². The highest BCUT2D eigenvalue weighted by Crippen LogP contribution is 2.28. The molecule has 3 heterocycles. The summed E-state index contributed by atoms with van der Waals surface area (Å²) in [6.07, 6.45) is 4.93. The number of aryl methyl sites for hydroxylation is 1. The monoisotopic (exact) mass is 411 g/mol. The Bertz CT molecular complexity index is 895. The maximum Gasteiger partial charge on any atom is 0.252 e. The van der Waals surface area contributed by atoms with E-state index in [9.17, 15) is 13.2 Å². The molecule has 1 amide bonds. The molecule has 2 aromatic rings. The van der Waals surface area contributed by atoms with Gasteiger partial charge in [-0.2, -0.15) is 4.31 Å². The maximum absolute atomic E-state index is 12.8. The standard InChI is InChI=1S/C17H21N3O3S3/c1-12-5-6-16(25-12)26(22,23)20-9-3-4-13(11-20)17(21)19-14-7-8-18-15(10-14)24-2/h5-8,10,13H,3-4,9,11H2,1-2H3,(H,18,19,21)/t13-/m1/s1. The topological polar surface area (TPSA) is 79.4 Å². The Hall–Kier alpha value is -1.42. The summed E-state index contributed by atoms with van der Waals surface area (Å²) in [7, 11) is -3.53. The first-order chi connectivity index (χ1) is 12.4. The van der Waals surface area contributed by atoms with Crippen LogP contribution in [0.25, 0.3) is 0 Å². The van der Waals surface area contributed by atoms with E-state index in [2.05, 4.69) is 10.3 Å². The van der Waals surface area contributed by atoms with E-state index in [-0.39, 0.29) is 18.4 Å². The first-order valence-electron chi connectivity index (χ1n) is 8.27. The van der Waals surface area contributed by atoms with Crippen molar-refractivity contribution in [1.82, 2.24) is 9.29 Å². The molecule has 9 heteroatoms. The van der Waals surface area contributed by atoms with Crippen molar-refractivity contribution in [2.75, 3.05) is 24.7 Å². The van der Waals surface area contributed by atoms with E-state index in [0.29, 0.717) is 29.3 Å². The highest BCUT2D eigenvalue weighted by atomic mass is 32.2. The molecule has 1 atom stereocenters. The fourth-order valence-electron chi connectivity index (χ4n) is 2.90. The summed E-state index contributed by atoms with van der Waals surface area (Å²) in [5.41, 5.74) is 0.684. The van der Waals surface area contributed by atoms with Crippen molar-refractivity contribution in [2.45, 2.75) is 29.0 Å². The summed E-state index contributed by atoms with van der Waals surface area (Å²) in [5.74, 6) is -0.504. The number of thiophene rings is 1. The molecule has 0 saturated carbocycles. The first-order valence-corrected chi connectivity index (χ1v) is 11.8. The van der Waals surface area contributed by atoms with Gasteiger partial charge in [-0.25, -0.2) is 13.4 Å². The summed E-state index contributed by atoms with van der Waals surface area (Å²) in [4.78, 5) is 17.8. The molecular weight excluding hydrogens is 390 g/mol. The number of carbonyl (C=O) groups is 1. The number of nitrogens with zero attached hydrogens (tertiary/aromatic N) is 2. The summed E-state index contributed by atoms with van der Waals surface area (Å²) in [5, 5.41) is 3.71. The normalized spacial score (nSPS) is 18.6. The lowest BCUT2D eigenvalue weighted by atomic mass is 9.99. The Morgan fingerprint density at radius 1 is 1.38 bits per heavy atom. The van der Waals surface area contributed by atoms with Gasteiger partial charge in [0.05, 0.1) is 10.9 Å². The van der Waals surface area contributed by atoms with Gasteiger partial charge in [-0.3, -0.25) is 4.79 Å². The number of aromatic nitrogens is 1. The zero-order chi connectivity index (χ0) is 18.7. The molecule has 0 aliphatic carbocycles. The molecule has 26 heavy (non-hydrogen) atoms. The summed E-state index contributed by atoms with van der Waals surface area (Å²) >= 11 is 2.77. The Morgan fingerprint density at radius 3 is 2.88 bits per heavy atom. The number of rotatable bonds is 5. The highest BCUT2D eigenvalue weighted by molar-refractivity contribution is 7.98. The average Bonchev–Trinajstić information content (AvgIpc) is 3.09.